The maximum absolute atomic E-state index is 13.9. The van der Waals surface area contributed by atoms with Crippen LogP contribution in [0.15, 0.2) is 18.2 Å². The fourth-order valence-electron chi connectivity index (χ4n) is 1.59. The molecule has 0 aliphatic heterocycles. The molecular weight excluding hydrogens is 294 g/mol. The van der Waals surface area contributed by atoms with E-state index in [-0.39, 0.29) is 15.4 Å². The monoisotopic (exact) mass is 300 g/mol. The van der Waals surface area contributed by atoms with Crippen molar-refractivity contribution in [2.75, 3.05) is 5.73 Å². The van der Waals surface area contributed by atoms with Gasteiger partial charge in [0.05, 0.1) is 16.7 Å². The van der Waals surface area contributed by atoms with Crippen LogP contribution in [-0.4, -0.2) is 16.0 Å². The predicted octanol–water partition coefficient (Wildman–Crippen LogP) is 2.88. The van der Waals surface area contributed by atoms with E-state index in [0.29, 0.717) is 17.4 Å². The zero-order valence-corrected chi connectivity index (χ0v) is 10.4. The van der Waals surface area contributed by atoms with Gasteiger partial charge in [0.15, 0.2) is 0 Å². The molecule has 0 bridgehead atoms. The summed E-state index contributed by atoms with van der Waals surface area (Å²) in [4.78, 5) is 20.2. The zero-order valence-electron chi connectivity index (χ0n) is 9.59. The van der Waals surface area contributed by atoms with Gasteiger partial charge in [-0.2, -0.15) is 4.39 Å². The summed E-state index contributed by atoms with van der Waals surface area (Å²) in [5.41, 5.74) is 3.90. The van der Waals surface area contributed by atoms with E-state index < -0.39 is 33.8 Å². The van der Waals surface area contributed by atoms with Gasteiger partial charge in [-0.25, -0.2) is 9.18 Å². The maximum Gasteiger partial charge on any atom is 0.348 e. The number of hydrogen-bond acceptors (Lipinski definition) is 5. The molecule has 2 rings (SSSR count). The number of nitro benzene ring substituents is 1. The molecule has 20 heavy (non-hydrogen) atoms. The van der Waals surface area contributed by atoms with E-state index >= 15 is 0 Å². The third kappa shape index (κ3) is 2.30. The summed E-state index contributed by atoms with van der Waals surface area (Å²) < 4.78 is 27.2. The Kier molecular flexibility index (Phi) is 3.36. The molecule has 0 saturated carbocycles. The topological polar surface area (TPSA) is 106 Å². The number of nitrogens with two attached hydrogens (primary N) is 1. The first-order valence-corrected chi connectivity index (χ1v) is 5.89. The Hall–Kier alpha value is -2.55. The molecule has 0 unspecified atom stereocenters. The van der Waals surface area contributed by atoms with Crippen molar-refractivity contribution >= 4 is 28.7 Å². The second kappa shape index (κ2) is 4.85. The van der Waals surface area contributed by atoms with Gasteiger partial charge in [-0.15, -0.1) is 11.3 Å². The molecule has 0 radical (unpaired) electrons. The van der Waals surface area contributed by atoms with Crippen molar-refractivity contribution in [3.63, 3.8) is 0 Å². The Bertz CT molecular complexity index is 729. The van der Waals surface area contributed by atoms with Crippen LogP contribution in [0.5, 0.6) is 0 Å². The molecule has 1 heterocycles. The minimum absolute atomic E-state index is 0.000000000000000222. The van der Waals surface area contributed by atoms with E-state index in [4.69, 9.17) is 10.8 Å². The SMILES string of the molecule is Nc1cc(-c2cc(F)cc([N+](=O)[O-])c2F)sc1C(=O)O. The van der Waals surface area contributed by atoms with Crippen LogP contribution in [0, 0.1) is 21.7 Å². The van der Waals surface area contributed by atoms with Crippen molar-refractivity contribution in [1.82, 2.24) is 0 Å². The highest BCUT2D eigenvalue weighted by Gasteiger charge is 2.23. The van der Waals surface area contributed by atoms with Gasteiger partial charge in [-0.05, 0) is 12.1 Å². The zero-order chi connectivity index (χ0) is 15.0. The fraction of sp³-hybridized carbons (Fsp3) is 0. The summed E-state index contributed by atoms with van der Waals surface area (Å²) in [7, 11) is 0. The molecule has 0 spiro atoms. The molecule has 1 aromatic carbocycles. The predicted molar refractivity (Wildman–Crippen MR) is 67.7 cm³/mol. The summed E-state index contributed by atoms with van der Waals surface area (Å²) >= 11 is 0.610. The molecule has 9 heteroatoms. The first-order chi connectivity index (χ1) is 9.31. The van der Waals surface area contributed by atoms with E-state index in [1.54, 1.807) is 0 Å². The van der Waals surface area contributed by atoms with Crippen LogP contribution in [-0.2, 0) is 0 Å². The minimum Gasteiger partial charge on any atom is -0.477 e. The lowest BCUT2D eigenvalue weighted by molar-refractivity contribution is -0.387. The molecular formula is C11H6F2N2O4S. The minimum atomic E-state index is -1.31. The first kappa shape index (κ1) is 13.9. The second-order valence-corrected chi connectivity index (χ2v) is 4.80. The van der Waals surface area contributed by atoms with Gasteiger partial charge in [0, 0.05) is 10.4 Å². The Labute approximate surface area is 114 Å². The van der Waals surface area contributed by atoms with Crippen LogP contribution in [0.25, 0.3) is 10.4 Å². The Morgan fingerprint density at radius 2 is 2.00 bits per heavy atom. The van der Waals surface area contributed by atoms with E-state index in [1.165, 1.54) is 0 Å². The summed E-state index contributed by atoms with van der Waals surface area (Å²) in [5.74, 6) is -3.56. The molecule has 6 nitrogen and oxygen atoms in total. The quantitative estimate of drug-likeness (QED) is 0.669. The molecule has 0 saturated heterocycles. The Balaban J connectivity index is 2.67. The van der Waals surface area contributed by atoms with Crippen molar-refractivity contribution in [2.45, 2.75) is 0 Å². The number of nitrogens with zero attached hydrogens (tertiary/aromatic N) is 1. The highest BCUT2D eigenvalue weighted by Crippen LogP contribution is 2.37. The normalized spacial score (nSPS) is 10.5. The Morgan fingerprint density at radius 3 is 2.50 bits per heavy atom. The van der Waals surface area contributed by atoms with Crippen LogP contribution < -0.4 is 5.73 Å². The average molecular weight is 300 g/mol. The lowest BCUT2D eigenvalue weighted by Gasteiger charge is -2.01. The van der Waals surface area contributed by atoms with Crippen molar-refractivity contribution in [2.24, 2.45) is 0 Å². The van der Waals surface area contributed by atoms with E-state index in [0.717, 1.165) is 12.1 Å². The largest absolute Gasteiger partial charge is 0.477 e. The fourth-order valence-corrected chi connectivity index (χ4v) is 2.52. The average Bonchev–Trinajstić information content (AvgIpc) is 2.73. The van der Waals surface area contributed by atoms with E-state index in [1.807, 2.05) is 0 Å². The molecule has 2 aromatic rings. The summed E-state index contributed by atoms with van der Waals surface area (Å²) in [6.07, 6.45) is 0. The first-order valence-electron chi connectivity index (χ1n) is 5.07. The van der Waals surface area contributed by atoms with Crippen LogP contribution in [0.2, 0.25) is 0 Å². The van der Waals surface area contributed by atoms with Crippen LogP contribution in [0.4, 0.5) is 20.2 Å². The Morgan fingerprint density at radius 1 is 1.35 bits per heavy atom. The second-order valence-electron chi connectivity index (χ2n) is 3.74. The maximum atomic E-state index is 13.9. The van der Waals surface area contributed by atoms with Crippen LogP contribution in [0.3, 0.4) is 0 Å². The number of hydrogen-bond donors (Lipinski definition) is 2. The van der Waals surface area contributed by atoms with Gasteiger partial charge in [0.2, 0.25) is 5.82 Å². The van der Waals surface area contributed by atoms with Crippen molar-refractivity contribution in [3.05, 3.63) is 44.8 Å². The number of anilines is 1. The van der Waals surface area contributed by atoms with Crippen molar-refractivity contribution in [1.29, 1.82) is 0 Å². The number of nitro groups is 1. The number of aromatic carboxylic acids is 1. The molecule has 1 aromatic heterocycles. The highest BCUT2D eigenvalue weighted by atomic mass is 32.1. The smallest absolute Gasteiger partial charge is 0.348 e. The summed E-state index contributed by atoms with van der Waals surface area (Å²) in [6.45, 7) is 0. The van der Waals surface area contributed by atoms with Crippen LogP contribution >= 0.6 is 11.3 Å². The molecule has 104 valence electrons. The third-order valence-electron chi connectivity index (χ3n) is 2.44. The molecule has 0 aliphatic rings. The summed E-state index contributed by atoms with van der Waals surface area (Å²) in [6, 6.07) is 2.34. The highest BCUT2D eigenvalue weighted by molar-refractivity contribution is 7.17. The number of halogens is 2. The van der Waals surface area contributed by atoms with E-state index in [2.05, 4.69) is 0 Å². The number of nitrogen functional groups attached to an aromatic ring is 1. The molecule has 0 aliphatic carbocycles. The lowest BCUT2D eigenvalue weighted by Crippen LogP contribution is -1.96. The number of carboxylic acid groups (broad SMARTS) is 1. The molecule has 0 fully saturated rings. The lowest BCUT2D eigenvalue weighted by atomic mass is 10.1. The number of thiophene rings is 1. The standard InChI is InChI=1S/C11H6F2N2O4S/c12-4-1-5(9(13)7(2-4)15(18)19)8-3-6(14)10(20-8)11(16)17/h1-3H,14H2,(H,16,17). The van der Waals surface area contributed by atoms with Crippen LogP contribution in [0.1, 0.15) is 9.67 Å². The van der Waals surface area contributed by atoms with Gasteiger partial charge in [0.1, 0.15) is 10.7 Å². The van der Waals surface area contributed by atoms with Gasteiger partial charge in [0.25, 0.3) is 0 Å². The third-order valence-corrected chi connectivity index (χ3v) is 3.61. The van der Waals surface area contributed by atoms with Crippen molar-refractivity contribution in [3.8, 4) is 10.4 Å². The van der Waals surface area contributed by atoms with E-state index in [9.17, 15) is 23.7 Å². The number of carbonyl (C=O) groups is 1. The molecule has 3 N–H and O–H groups in total. The van der Waals surface area contributed by atoms with Gasteiger partial charge in [-0.1, -0.05) is 0 Å². The number of benzene rings is 1. The molecule has 0 atom stereocenters. The molecule has 0 amide bonds. The van der Waals surface area contributed by atoms with Gasteiger partial charge >= 0.3 is 11.7 Å². The number of rotatable bonds is 3. The van der Waals surface area contributed by atoms with Crippen molar-refractivity contribution < 1.29 is 23.6 Å². The number of carboxylic acids is 1. The van der Waals surface area contributed by atoms with Gasteiger partial charge < -0.3 is 10.8 Å². The van der Waals surface area contributed by atoms with Gasteiger partial charge in [-0.3, -0.25) is 10.1 Å². The summed E-state index contributed by atoms with van der Waals surface area (Å²) in [5, 5.41) is 19.5.